The van der Waals surface area contributed by atoms with Crippen molar-refractivity contribution in [3.8, 4) is 0 Å². The Kier molecular flexibility index (Phi) is 5.76. The molecule has 0 aromatic heterocycles. The average molecular weight is 243 g/mol. The Bertz CT molecular complexity index is 263. The molecule has 17 heavy (non-hydrogen) atoms. The fourth-order valence-electron chi connectivity index (χ4n) is 2.13. The zero-order chi connectivity index (χ0) is 12.7. The Morgan fingerprint density at radius 3 is 2.41 bits per heavy atom. The van der Waals surface area contributed by atoms with Gasteiger partial charge < -0.3 is 21.5 Å². The minimum atomic E-state index is -0.817. The van der Waals surface area contributed by atoms with Gasteiger partial charge in [0.25, 0.3) is 0 Å². The second-order valence-electron chi connectivity index (χ2n) is 4.41. The number of nitrogens with two attached hydrogens (primary N) is 2. The van der Waals surface area contributed by atoms with Crippen LogP contribution in [0.15, 0.2) is 0 Å². The summed E-state index contributed by atoms with van der Waals surface area (Å²) in [5.41, 5.74) is 10.4. The molecule has 0 aliphatic heterocycles. The number of amides is 2. The van der Waals surface area contributed by atoms with Crippen molar-refractivity contribution >= 4 is 12.0 Å². The van der Waals surface area contributed by atoms with Gasteiger partial charge in [0.15, 0.2) is 0 Å². The summed E-state index contributed by atoms with van der Waals surface area (Å²) in [6.07, 6.45) is 3.01. The fourth-order valence-corrected chi connectivity index (χ4v) is 2.13. The van der Waals surface area contributed by atoms with Crippen molar-refractivity contribution in [1.82, 2.24) is 5.32 Å². The summed E-state index contributed by atoms with van der Waals surface area (Å²) in [7, 11) is 0. The maximum absolute atomic E-state index is 11.7. The molecule has 0 unspecified atom stereocenters. The van der Waals surface area contributed by atoms with Crippen LogP contribution < -0.4 is 16.8 Å². The van der Waals surface area contributed by atoms with Crippen LogP contribution in [0.1, 0.15) is 25.7 Å². The van der Waals surface area contributed by atoms with Crippen molar-refractivity contribution in [1.29, 1.82) is 0 Å². The van der Waals surface area contributed by atoms with E-state index in [1.54, 1.807) is 0 Å². The van der Waals surface area contributed by atoms with Crippen molar-refractivity contribution in [2.75, 3.05) is 19.7 Å². The summed E-state index contributed by atoms with van der Waals surface area (Å²) in [5.74, 6) is 0.678. The van der Waals surface area contributed by atoms with E-state index < -0.39 is 6.09 Å². The average Bonchev–Trinajstić information content (AvgIpc) is 2.34. The summed E-state index contributed by atoms with van der Waals surface area (Å²) >= 11 is 0. The summed E-state index contributed by atoms with van der Waals surface area (Å²) in [6, 6.07) is 0. The number of hydrogen-bond donors (Lipinski definition) is 3. The van der Waals surface area contributed by atoms with E-state index in [-0.39, 0.29) is 18.4 Å². The van der Waals surface area contributed by atoms with E-state index in [9.17, 15) is 9.59 Å². The van der Waals surface area contributed by atoms with Crippen LogP contribution in [-0.2, 0) is 9.53 Å². The van der Waals surface area contributed by atoms with E-state index in [1.807, 2.05) is 0 Å². The monoisotopic (exact) mass is 243 g/mol. The normalized spacial score (nSPS) is 24.1. The van der Waals surface area contributed by atoms with E-state index in [0.29, 0.717) is 19.0 Å². The molecule has 98 valence electrons. The summed E-state index contributed by atoms with van der Waals surface area (Å²) in [4.78, 5) is 22.0. The molecular weight excluding hydrogens is 222 g/mol. The lowest BCUT2D eigenvalue weighted by atomic mass is 9.81. The topological polar surface area (TPSA) is 107 Å². The van der Waals surface area contributed by atoms with Gasteiger partial charge in [-0.05, 0) is 38.1 Å². The van der Waals surface area contributed by atoms with Crippen molar-refractivity contribution in [2.24, 2.45) is 23.3 Å². The van der Waals surface area contributed by atoms with Gasteiger partial charge in [-0.1, -0.05) is 0 Å². The van der Waals surface area contributed by atoms with Crippen LogP contribution in [0.3, 0.4) is 0 Å². The first-order chi connectivity index (χ1) is 8.13. The van der Waals surface area contributed by atoms with Crippen LogP contribution in [0.2, 0.25) is 0 Å². The van der Waals surface area contributed by atoms with Crippen LogP contribution in [-0.4, -0.2) is 31.7 Å². The Hall–Kier alpha value is -1.30. The van der Waals surface area contributed by atoms with E-state index in [1.165, 1.54) is 0 Å². The lowest BCUT2D eigenvalue weighted by Gasteiger charge is -2.26. The van der Waals surface area contributed by atoms with E-state index in [4.69, 9.17) is 11.5 Å². The second-order valence-corrected chi connectivity index (χ2v) is 4.41. The summed E-state index contributed by atoms with van der Waals surface area (Å²) in [6.45, 7) is 1.15. The highest BCUT2D eigenvalue weighted by atomic mass is 16.5. The molecule has 0 radical (unpaired) electrons. The number of nitrogens with one attached hydrogen (secondary N) is 1. The molecule has 0 aromatic carbocycles. The molecular formula is C11H21N3O3. The highest BCUT2D eigenvalue weighted by Gasteiger charge is 2.25. The first-order valence-corrected chi connectivity index (χ1v) is 6.03. The SMILES string of the molecule is NCC1CCC(C(=O)NCCOC(N)=O)CC1. The Labute approximate surface area is 101 Å². The van der Waals surface area contributed by atoms with Crippen LogP contribution in [0.25, 0.3) is 0 Å². The van der Waals surface area contributed by atoms with Gasteiger partial charge >= 0.3 is 6.09 Å². The Morgan fingerprint density at radius 1 is 1.24 bits per heavy atom. The Balaban J connectivity index is 2.14. The summed E-state index contributed by atoms with van der Waals surface area (Å²) in [5, 5.41) is 2.74. The predicted molar refractivity (Wildman–Crippen MR) is 63.0 cm³/mol. The standard InChI is InChI=1S/C11H21N3O3/c12-7-8-1-3-9(4-2-8)10(15)14-5-6-17-11(13)16/h8-9H,1-7,12H2,(H2,13,16)(H,14,15). The smallest absolute Gasteiger partial charge is 0.404 e. The maximum atomic E-state index is 11.7. The van der Waals surface area contributed by atoms with Crippen molar-refractivity contribution < 1.29 is 14.3 Å². The van der Waals surface area contributed by atoms with E-state index >= 15 is 0 Å². The molecule has 1 saturated carbocycles. The third-order valence-electron chi connectivity index (χ3n) is 3.20. The molecule has 1 rings (SSSR count). The molecule has 0 spiro atoms. The van der Waals surface area contributed by atoms with E-state index in [2.05, 4.69) is 10.1 Å². The number of primary amides is 1. The molecule has 0 saturated heterocycles. The molecule has 0 bridgehead atoms. The fraction of sp³-hybridized carbons (Fsp3) is 0.818. The zero-order valence-corrected chi connectivity index (χ0v) is 9.98. The molecule has 1 aliphatic carbocycles. The molecule has 2 amide bonds. The van der Waals surface area contributed by atoms with Gasteiger partial charge in [0.2, 0.25) is 5.91 Å². The summed E-state index contributed by atoms with van der Waals surface area (Å²) < 4.78 is 4.52. The lowest BCUT2D eigenvalue weighted by molar-refractivity contribution is -0.126. The molecule has 6 heteroatoms. The minimum Gasteiger partial charge on any atom is -0.448 e. The van der Waals surface area contributed by atoms with Crippen molar-refractivity contribution in [3.63, 3.8) is 0 Å². The number of ether oxygens (including phenoxy) is 1. The van der Waals surface area contributed by atoms with Gasteiger partial charge in [-0.15, -0.1) is 0 Å². The van der Waals surface area contributed by atoms with Crippen LogP contribution in [0.5, 0.6) is 0 Å². The van der Waals surface area contributed by atoms with Gasteiger partial charge in [-0.2, -0.15) is 0 Å². The van der Waals surface area contributed by atoms with Crippen LogP contribution in [0.4, 0.5) is 4.79 Å². The minimum absolute atomic E-state index is 0.0357. The molecule has 6 nitrogen and oxygen atoms in total. The maximum Gasteiger partial charge on any atom is 0.404 e. The molecule has 0 heterocycles. The van der Waals surface area contributed by atoms with Gasteiger partial charge in [0, 0.05) is 5.92 Å². The molecule has 1 fully saturated rings. The molecule has 0 aromatic rings. The molecule has 5 N–H and O–H groups in total. The molecule has 0 atom stereocenters. The predicted octanol–water partition coefficient (Wildman–Crippen LogP) is -0.0370. The molecule has 1 aliphatic rings. The van der Waals surface area contributed by atoms with Gasteiger partial charge in [-0.25, -0.2) is 4.79 Å². The largest absolute Gasteiger partial charge is 0.448 e. The number of hydrogen-bond acceptors (Lipinski definition) is 4. The first-order valence-electron chi connectivity index (χ1n) is 6.03. The highest BCUT2D eigenvalue weighted by Crippen LogP contribution is 2.27. The quantitative estimate of drug-likeness (QED) is 0.589. The number of carbonyl (C=O) groups is 2. The number of carbonyl (C=O) groups excluding carboxylic acids is 2. The van der Waals surface area contributed by atoms with Crippen LogP contribution in [0, 0.1) is 11.8 Å². The number of rotatable bonds is 5. The zero-order valence-electron chi connectivity index (χ0n) is 9.98. The third kappa shape index (κ3) is 5.04. The Morgan fingerprint density at radius 2 is 1.88 bits per heavy atom. The first kappa shape index (κ1) is 13.8. The van der Waals surface area contributed by atoms with Crippen LogP contribution >= 0.6 is 0 Å². The third-order valence-corrected chi connectivity index (χ3v) is 3.20. The highest BCUT2D eigenvalue weighted by molar-refractivity contribution is 5.78. The van der Waals surface area contributed by atoms with E-state index in [0.717, 1.165) is 25.7 Å². The lowest BCUT2D eigenvalue weighted by Crippen LogP contribution is -2.36. The van der Waals surface area contributed by atoms with Crippen molar-refractivity contribution in [3.05, 3.63) is 0 Å². The van der Waals surface area contributed by atoms with Gasteiger partial charge in [-0.3, -0.25) is 4.79 Å². The van der Waals surface area contributed by atoms with Crippen molar-refractivity contribution in [2.45, 2.75) is 25.7 Å². The second kappa shape index (κ2) is 7.11. The van der Waals surface area contributed by atoms with Gasteiger partial charge in [0.1, 0.15) is 6.61 Å². The van der Waals surface area contributed by atoms with Gasteiger partial charge in [0.05, 0.1) is 6.54 Å².